The molecule has 0 spiro atoms. The molecule has 0 bridgehead atoms. The van der Waals surface area contributed by atoms with Gasteiger partial charge in [0.25, 0.3) is 5.91 Å². The number of piperazine rings is 1. The summed E-state index contributed by atoms with van der Waals surface area (Å²) in [5.74, 6) is 0.367. The molecule has 1 atom stereocenters. The van der Waals surface area contributed by atoms with Crippen molar-refractivity contribution in [3.63, 3.8) is 0 Å². The Morgan fingerprint density at radius 3 is 2.77 bits per heavy atom. The molecule has 2 heterocycles. The second-order valence-electron chi connectivity index (χ2n) is 7.97. The highest BCUT2D eigenvalue weighted by molar-refractivity contribution is 5.98. The van der Waals surface area contributed by atoms with Crippen molar-refractivity contribution in [2.75, 3.05) is 31.1 Å². The van der Waals surface area contributed by atoms with Gasteiger partial charge in [0.1, 0.15) is 5.82 Å². The Morgan fingerprint density at radius 1 is 1.23 bits per heavy atom. The second-order valence-corrected chi connectivity index (χ2v) is 7.97. The number of aliphatic hydroxyl groups excluding tert-OH is 1. The molecule has 6 nitrogen and oxygen atoms in total. The van der Waals surface area contributed by atoms with Gasteiger partial charge in [-0.25, -0.2) is 4.98 Å². The van der Waals surface area contributed by atoms with Gasteiger partial charge in [0.05, 0.1) is 5.56 Å². The van der Waals surface area contributed by atoms with Crippen LogP contribution in [0.15, 0.2) is 6.07 Å². The molecule has 3 N–H and O–H groups in total. The van der Waals surface area contributed by atoms with Crippen molar-refractivity contribution in [1.82, 2.24) is 9.88 Å². The fourth-order valence-electron chi connectivity index (χ4n) is 5.07. The van der Waals surface area contributed by atoms with Crippen molar-refractivity contribution in [3.8, 4) is 0 Å². The molecule has 1 saturated heterocycles. The Bertz CT molecular complexity index is 672. The van der Waals surface area contributed by atoms with Crippen LogP contribution in [0.3, 0.4) is 0 Å². The fourth-order valence-corrected chi connectivity index (χ4v) is 5.07. The molecular weight excluding hydrogens is 328 g/mol. The number of rotatable bonds is 5. The lowest BCUT2D eigenvalue weighted by atomic mass is 10.0. The molecule has 1 amide bonds. The van der Waals surface area contributed by atoms with E-state index >= 15 is 0 Å². The van der Waals surface area contributed by atoms with E-state index < -0.39 is 0 Å². The molecule has 0 radical (unpaired) electrons. The van der Waals surface area contributed by atoms with E-state index in [1.807, 2.05) is 6.07 Å². The van der Waals surface area contributed by atoms with E-state index in [4.69, 9.17) is 10.7 Å². The first-order valence-electron chi connectivity index (χ1n) is 10.1. The zero-order valence-corrected chi connectivity index (χ0v) is 15.5. The Labute approximate surface area is 155 Å². The summed E-state index contributed by atoms with van der Waals surface area (Å²) in [5, 5.41) is 9.57. The number of anilines is 1. The highest BCUT2D eigenvalue weighted by Gasteiger charge is 2.34. The zero-order chi connectivity index (χ0) is 18.1. The van der Waals surface area contributed by atoms with Crippen LogP contribution >= 0.6 is 0 Å². The summed E-state index contributed by atoms with van der Waals surface area (Å²) in [4.78, 5) is 21.7. The average molecular weight is 358 g/mol. The number of amides is 1. The van der Waals surface area contributed by atoms with E-state index in [9.17, 15) is 9.90 Å². The number of primary amides is 1. The molecule has 26 heavy (non-hydrogen) atoms. The minimum atomic E-state index is -0.390. The second kappa shape index (κ2) is 7.53. The third-order valence-corrected chi connectivity index (χ3v) is 6.38. The average Bonchev–Trinajstić information content (AvgIpc) is 3.32. The predicted octanol–water partition coefficient (Wildman–Crippen LogP) is 1.48. The van der Waals surface area contributed by atoms with Crippen LogP contribution in [0.5, 0.6) is 0 Å². The van der Waals surface area contributed by atoms with Crippen molar-refractivity contribution >= 4 is 11.7 Å². The molecule has 1 unspecified atom stereocenters. The molecule has 0 aromatic carbocycles. The first-order chi connectivity index (χ1) is 12.7. The predicted molar refractivity (Wildman–Crippen MR) is 101 cm³/mol. The van der Waals surface area contributed by atoms with Gasteiger partial charge in [-0.05, 0) is 50.2 Å². The number of hydrogen-bond donors (Lipinski definition) is 2. The number of hydrogen-bond acceptors (Lipinski definition) is 5. The summed E-state index contributed by atoms with van der Waals surface area (Å²) in [6.07, 6.45) is 9.02. The van der Waals surface area contributed by atoms with Gasteiger partial charge in [-0.2, -0.15) is 0 Å². The van der Waals surface area contributed by atoms with Crippen LogP contribution < -0.4 is 10.6 Å². The van der Waals surface area contributed by atoms with Crippen LogP contribution in [-0.4, -0.2) is 59.2 Å². The van der Waals surface area contributed by atoms with Gasteiger partial charge in [0, 0.05) is 44.0 Å². The van der Waals surface area contributed by atoms with Gasteiger partial charge in [-0.3, -0.25) is 9.69 Å². The van der Waals surface area contributed by atoms with Crippen molar-refractivity contribution in [2.45, 2.75) is 63.5 Å². The normalized spacial score (nSPS) is 24.2. The number of pyridine rings is 1. The molecule has 2 fully saturated rings. The topological polar surface area (TPSA) is 82.7 Å². The minimum absolute atomic E-state index is 0.196. The fraction of sp³-hybridized carbons (Fsp3) is 0.700. The molecule has 1 saturated carbocycles. The summed E-state index contributed by atoms with van der Waals surface area (Å²) in [5.41, 5.74) is 8.54. The molecule has 6 heteroatoms. The van der Waals surface area contributed by atoms with E-state index in [2.05, 4.69) is 9.80 Å². The summed E-state index contributed by atoms with van der Waals surface area (Å²) < 4.78 is 0. The number of aryl methyl sites for hydroxylation is 2. The van der Waals surface area contributed by atoms with Crippen LogP contribution in [0, 0.1) is 0 Å². The van der Waals surface area contributed by atoms with E-state index in [0.717, 1.165) is 56.8 Å². The highest BCUT2D eigenvalue weighted by atomic mass is 16.3. The van der Waals surface area contributed by atoms with Crippen LogP contribution in [0.1, 0.15) is 60.1 Å². The molecule has 4 rings (SSSR count). The number of carbonyl (C=O) groups excluding carboxylic acids is 1. The largest absolute Gasteiger partial charge is 0.396 e. The lowest BCUT2D eigenvalue weighted by Gasteiger charge is -2.45. The monoisotopic (exact) mass is 358 g/mol. The third kappa shape index (κ3) is 3.32. The van der Waals surface area contributed by atoms with Gasteiger partial charge >= 0.3 is 0 Å². The van der Waals surface area contributed by atoms with Crippen LogP contribution in [0.25, 0.3) is 0 Å². The van der Waals surface area contributed by atoms with Crippen LogP contribution in [0.2, 0.25) is 0 Å². The van der Waals surface area contributed by atoms with Gasteiger partial charge < -0.3 is 15.7 Å². The number of nitrogens with two attached hydrogens (primary N) is 1. The van der Waals surface area contributed by atoms with Crippen molar-refractivity contribution < 1.29 is 9.90 Å². The molecular formula is C20H30N4O2. The lowest BCUT2D eigenvalue weighted by Crippen LogP contribution is -2.56. The maximum Gasteiger partial charge on any atom is 0.252 e. The maximum absolute atomic E-state index is 12.1. The number of nitrogens with zero attached hydrogens (tertiary/aromatic N) is 3. The molecule has 1 aromatic heterocycles. The Hall–Kier alpha value is -1.66. The minimum Gasteiger partial charge on any atom is -0.396 e. The first-order valence-corrected chi connectivity index (χ1v) is 10.1. The van der Waals surface area contributed by atoms with Crippen molar-refractivity contribution in [2.24, 2.45) is 5.73 Å². The highest BCUT2D eigenvalue weighted by Crippen LogP contribution is 2.32. The Balaban J connectivity index is 1.59. The summed E-state index contributed by atoms with van der Waals surface area (Å²) in [6, 6.07) is 2.93. The molecule has 2 aliphatic carbocycles. The molecule has 3 aliphatic rings. The van der Waals surface area contributed by atoms with Gasteiger partial charge in [-0.15, -0.1) is 0 Å². The number of aliphatic hydroxyl groups is 1. The van der Waals surface area contributed by atoms with E-state index in [1.54, 1.807) is 0 Å². The number of aromatic nitrogens is 1. The van der Waals surface area contributed by atoms with Gasteiger partial charge in [0.15, 0.2) is 0 Å². The van der Waals surface area contributed by atoms with Crippen LogP contribution in [-0.2, 0) is 12.8 Å². The maximum atomic E-state index is 12.1. The van der Waals surface area contributed by atoms with Gasteiger partial charge in [0.2, 0.25) is 0 Å². The lowest BCUT2D eigenvalue weighted by molar-refractivity contribution is 0.0967. The van der Waals surface area contributed by atoms with E-state index in [1.165, 1.54) is 31.2 Å². The Kier molecular flexibility index (Phi) is 5.14. The SMILES string of the molecule is NC(=O)c1cc2c(nc1N1CCN(C3CCCC3)C(CCO)C1)CCC2. The quantitative estimate of drug-likeness (QED) is 0.833. The van der Waals surface area contributed by atoms with Gasteiger partial charge in [-0.1, -0.05) is 12.8 Å². The summed E-state index contributed by atoms with van der Waals surface area (Å²) in [7, 11) is 0. The smallest absolute Gasteiger partial charge is 0.252 e. The Morgan fingerprint density at radius 2 is 2.04 bits per heavy atom. The number of fused-ring (bicyclic) bond motifs is 1. The van der Waals surface area contributed by atoms with E-state index in [0.29, 0.717) is 17.6 Å². The first kappa shape index (κ1) is 17.7. The standard InChI is InChI=1S/C20H30N4O2/c21-19(26)17-12-14-4-3-7-18(14)22-20(17)23-9-10-24(15-5-1-2-6-15)16(13-23)8-11-25/h12,15-16,25H,1-11,13H2,(H2,21,26). The summed E-state index contributed by atoms with van der Waals surface area (Å²) >= 11 is 0. The molecule has 1 aromatic rings. The zero-order valence-electron chi connectivity index (χ0n) is 15.5. The van der Waals surface area contributed by atoms with Crippen LogP contribution in [0.4, 0.5) is 5.82 Å². The van der Waals surface area contributed by atoms with E-state index in [-0.39, 0.29) is 12.5 Å². The third-order valence-electron chi connectivity index (χ3n) is 6.38. The molecule has 142 valence electrons. The number of carbonyl (C=O) groups is 1. The molecule has 1 aliphatic heterocycles. The summed E-state index contributed by atoms with van der Waals surface area (Å²) in [6.45, 7) is 2.84. The van der Waals surface area contributed by atoms with Crippen molar-refractivity contribution in [1.29, 1.82) is 0 Å². The van der Waals surface area contributed by atoms with Crippen molar-refractivity contribution in [3.05, 3.63) is 22.9 Å².